The lowest BCUT2D eigenvalue weighted by molar-refractivity contribution is -0.142. The third-order valence-corrected chi connectivity index (χ3v) is 5.71. The molecule has 1 amide bonds. The molecule has 1 N–H and O–H groups in total. The highest BCUT2D eigenvalue weighted by atomic mass is 16.4. The number of aliphatic carboxylic acids is 1. The SMILES string of the molecule is O=C(O)C1CN(c2ccnc3c2C(=O)N(CCc2ccc4ccccc4n2)C3)C1. The molecule has 1 fully saturated rings. The zero-order chi connectivity index (χ0) is 20.0. The first-order valence-electron chi connectivity index (χ1n) is 9.70. The van der Waals surface area contributed by atoms with E-state index in [1.54, 1.807) is 11.1 Å². The second-order valence-corrected chi connectivity index (χ2v) is 7.56. The Bertz CT molecular complexity index is 1120. The van der Waals surface area contributed by atoms with Crippen molar-refractivity contribution >= 4 is 28.5 Å². The van der Waals surface area contributed by atoms with Gasteiger partial charge in [0.25, 0.3) is 5.91 Å². The standard InChI is InChI=1S/C22H20N4O3/c27-21-20-18(23-9-7-19(20)26-11-15(12-26)22(28)29)13-25(21)10-8-16-6-5-14-3-1-2-4-17(14)24-16/h1-7,9,15H,8,10-13H2,(H,28,29). The molecule has 7 nitrogen and oxygen atoms in total. The first-order chi connectivity index (χ1) is 14.1. The van der Waals surface area contributed by atoms with E-state index in [-0.39, 0.29) is 11.8 Å². The van der Waals surface area contributed by atoms with Crippen LogP contribution in [0.2, 0.25) is 0 Å². The maximum atomic E-state index is 13.0. The molecule has 0 radical (unpaired) electrons. The molecular formula is C22H20N4O3. The van der Waals surface area contributed by atoms with Gasteiger partial charge in [-0.2, -0.15) is 0 Å². The highest BCUT2D eigenvalue weighted by Crippen LogP contribution is 2.34. The average molecular weight is 388 g/mol. The Morgan fingerprint density at radius 2 is 1.97 bits per heavy atom. The molecule has 29 heavy (non-hydrogen) atoms. The van der Waals surface area contributed by atoms with E-state index >= 15 is 0 Å². The minimum absolute atomic E-state index is 0.0392. The van der Waals surface area contributed by atoms with Gasteiger partial charge in [-0.3, -0.25) is 19.6 Å². The van der Waals surface area contributed by atoms with E-state index in [0.29, 0.717) is 38.2 Å². The van der Waals surface area contributed by atoms with Crippen molar-refractivity contribution in [2.45, 2.75) is 13.0 Å². The average Bonchev–Trinajstić information content (AvgIpc) is 3.01. The van der Waals surface area contributed by atoms with Crippen molar-refractivity contribution in [3.8, 4) is 0 Å². The Morgan fingerprint density at radius 3 is 2.79 bits per heavy atom. The quantitative estimate of drug-likeness (QED) is 0.722. The maximum Gasteiger partial charge on any atom is 0.310 e. The van der Waals surface area contributed by atoms with Crippen LogP contribution in [0.5, 0.6) is 0 Å². The number of anilines is 1. The third-order valence-electron chi connectivity index (χ3n) is 5.71. The molecule has 2 aliphatic rings. The van der Waals surface area contributed by atoms with Crippen molar-refractivity contribution in [3.63, 3.8) is 0 Å². The minimum atomic E-state index is -0.789. The number of carboxylic acid groups (broad SMARTS) is 1. The van der Waals surface area contributed by atoms with Crippen LogP contribution in [-0.4, -0.2) is 51.5 Å². The van der Waals surface area contributed by atoms with Gasteiger partial charge < -0.3 is 14.9 Å². The van der Waals surface area contributed by atoms with Gasteiger partial charge in [0.2, 0.25) is 0 Å². The fourth-order valence-corrected chi connectivity index (χ4v) is 4.03. The molecule has 0 unspecified atom stereocenters. The van der Waals surface area contributed by atoms with E-state index in [1.807, 2.05) is 41.3 Å². The monoisotopic (exact) mass is 388 g/mol. The van der Waals surface area contributed by atoms with Crippen LogP contribution in [0, 0.1) is 5.92 Å². The number of amides is 1. The number of nitrogens with zero attached hydrogens (tertiary/aromatic N) is 4. The lowest BCUT2D eigenvalue weighted by Crippen LogP contribution is -2.51. The summed E-state index contributed by atoms with van der Waals surface area (Å²) in [5.41, 5.74) is 4.08. The van der Waals surface area contributed by atoms with E-state index in [1.165, 1.54) is 0 Å². The molecule has 2 aromatic heterocycles. The number of aromatic nitrogens is 2. The Morgan fingerprint density at radius 1 is 1.14 bits per heavy atom. The highest BCUT2D eigenvalue weighted by Gasteiger charge is 2.38. The molecule has 146 valence electrons. The fraction of sp³-hybridized carbons (Fsp3) is 0.273. The lowest BCUT2D eigenvalue weighted by Gasteiger charge is -2.39. The summed E-state index contributed by atoms with van der Waals surface area (Å²) >= 11 is 0. The summed E-state index contributed by atoms with van der Waals surface area (Å²) in [4.78, 5) is 36.9. The Hall–Kier alpha value is -3.48. The molecular weight excluding hydrogens is 368 g/mol. The number of para-hydroxylation sites is 1. The van der Waals surface area contributed by atoms with Crippen molar-refractivity contribution in [1.29, 1.82) is 0 Å². The summed E-state index contributed by atoms with van der Waals surface area (Å²) in [7, 11) is 0. The van der Waals surface area contributed by atoms with Crippen LogP contribution in [0.25, 0.3) is 10.9 Å². The van der Waals surface area contributed by atoms with Crippen molar-refractivity contribution < 1.29 is 14.7 Å². The summed E-state index contributed by atoms with van der Waals surface area (Å²) < 4.78 is 0. The normalized spacial score (nSPS) is 16.2. The van der Waals surface area contributed by atoms with Gasteiger partial charge in [0.1, 0.15) is 0 Å². The summed E-state index contributed by atoms with van der Waals surface area (Å²) in [6.45, 7) is 1.91. The van der Waals surface area contributed by atoms with E-state index in [2.05, 4.69) is 16.0 Å². The summed E-state index contributed by atoms with van der Waals surface area (Å²) in [6, 6.07) is 13.9. The van der Waals surface area contributed by atoms with Crippen molar-refractivity contribution in [3.05, 3.63) is 65.6 Å². The second kappa shape index (κ2) is 6.84. The van der Waals surface area contributed by atoms with Crippen LogP contribution in [0.3, 0.4) is 0 Å². The van der Waals surface area contributed by atoms with Gasteiger partial charge in [-0.25, -0.2) is 0 Å². The van der Waals surface area contributed by atoms with Crippen LogP contribution >= 0.6 is 0 Å². The first kappa shape index (κ1) is 17.6. The summed E-state index contributed by atoms with van der Waals surface area (Å²) in [5, 5.41) is 10.2. The van der Waals surface area contributed by atoms with E-state index in [0.717, 1.165) is 28.0 Å². The molecule has 0 atom stereocenters. The Balaban J connectivity index is 1.30. The van der Waals surface area contributed by atoms with Gasteiger partial charge in [-0.05, 0) is 18.2 Å². The predicted octanol–water partition coefficient (Wildman–Crippen LogP) is 2.35. The topological polar surface area (TPSA) is 86.6 Å². The van der Waals surface area contributed by atoms with Crippen molar-refractivity contribution in [1.82, 2.24) is 14.9 Å². The van der Waals surface area contributed by atoms with Crippen LogP contribution < -0.4 is 4.90 Å². The number of benzene rings is 1. The van der Waals surface area contributed by atoms with E-state index < -0.39 is 5.97 Å². The molecule has 0 aliphatic carbocycles. The Kier molecular flexibility index (Phi) is 4.16. The van der Waals surface area contributed by atoms with Gasteiger partial charge in [0, 0.05) is 43.3 Å². The lowest BCUT2D eigenvalue weighted by atomic mass is 9.98. The number of fused-ring (bicyclic) bond motifs is 2. The largest absolute Gasteiger partial charge is 0.481 e. The Labute approximate surface area is 167 Å². The molecule has 5 rings (SSSR count). The minimum Gasteiger partial charge on any atom is -0.481 e. The molecule has 0 bridgehead atoms. The third kappa shape index (κ3) is 3.08. The van der Waals surface area contributed by atoms with Gasteiger partial charge in [0.05, 0.1) is 34.9 Å². The fourth-order valence-electron chi connectivity index (χ4n) is 4.03. The smallest absolute Gasteiger partial charge is 0.310 e. The molecule has 0 spiro atoms. The van der Waals surface area contributed by atoms with Crippen molar-refractivity contribution in [2.75, 3.05) is 24.5 Å². The van der Waals surface area contributed by atoms with E-state index in [4.69, 9.17) is 5.11 Å². The van der Waals surface area contributed by atoms with Gasteiger partial charge in [-0.15, -0.1) is 0 Å². The number of carbonyl (C=O) groups excluding carboxylic acids is 1. The van der Waals surface area contributed by atoms with Gasteiger partial charge in [-0.1, -0.05) is 24.3 Å². The second-order valence-electron chi connectivity index (χ2n) is 7.56. The first-order valence-corrected chi connectivity index (χ1v) is 9.70. The highest BCUT2D eigenvalue weighted by molar-refractivity contribution is 6.03. The zero-order valence-electron chi connectivity index (χ0n) is 15.8. The zero-order valence-corrected chi connectivity index (χ0v) is 15.8. The van der Waals surface area contributed by atoms with Gasteiger partial charge in [0.15, 0.2) is 0 Å². The van der Waals surface area contributed by atoms with Crippen LogP contribution in [0.15, 0.2) is 48.7 Å². The van der Waals surface area contributed by atoms with Crippen LogP contribution in [0.1, 0.15) is 21.7 Å². The molecule has 1 aromatic carbocycles. The number of carbonyl (C=O) groups is 2. The number of pyridine rings is 2. The number of carboxylic acids is 1. The van der Waals surface area contributed by atoms with Crippen molar-refractivity contribution in [2.24, 2.45) is 5.92 Å². The van der Waals surface area contributed by atoms with E-state index in [9.17, 15) is 9.59 Å². The predicted molar refractivity (Wildman–Crippen MR) is 108 cm³/mol. The van der Waals surface area contributed by atoms with Crippen LogP contribution in [-0.2, 0) is 17.8 Å². The molecule has 0 saturated carbocycles. The molecule has 2 aliphatic heterocycles. The molecule has 4 heterocycles. The summed E-state index contributed by atoms with van der Waals surface area (Å²) in [6.07, 6.45) is 2.37. The number of hydrogen-bond acceptors (Lipinski definition) is 5. The number of rotatable bonds is 5. The molecule has 7 heteroatoms. The number of hydrogen-bond donors (Lipinski definition) is 1. The van der Waals surface area contributed by atoms with Gasteiger partial charge >= 0.3 is 5.97 Å². The molecule has 1 saturated heterocycles. The van der Waals surface area contributed by atoms with Crippen LogP contribution in [0.4, 0.5) is 5.69 Å². The maximum absolute atomic E-state index is 13.0. The molecule has 3 aromatic rings. The summed E-state index contributed by atoms with van der Waals surface area (Å²) in [5.74, 6) is -1.20.